The normalized spacial score (nSPS) is 17.2. The van der Waals surface area contributed by atoms with Gasteiger partial charge in [-0.25, -0.2) is 4.79 Å². The summed E-state index contributed by atoms with van der Waals surface area (Å²) in [4.78, 5) is 23.8. The van der Waals surface area contributed by atoms with Gasteiger partial charge in [-0.05, 0) is 31.9 Å². The molecule has 0 aromatic heterocycles. The second-order valence-corrected chi connectivity index (χ2v) is 5.08. The van der Waals surface area contributed by atoms with E-state index in [1.54, 1.807) is 31.2 Å². The van der Waals surface area contributed by atoms with Crippen molar-refractivity contribution < 1.29 is 19.1 Å². The Morgan fingerprint density at radius 3 is 2.91 bits per heavy atom. The second-order valence-electron chi connectivity index (χ2n) is 5.08. The van der Waals surface area contributed by atoms with Crippen molar-refractivity contribution in [1.82, 2.24) is 5.32 Å². The Bertz CT molecular complexity index is 513. The molecular formula is C16H22N2O4. The van der Waals surface area contributed by atoms with Crippen LogP contribution in [-0.4, -0.2) is 44.3 Å². The number of ether oxygens (including phenoxy) is 2. The zero-order chi connectivity index (χ0) is 15.8. The highest BCUT2D eigenvalue weighted by atomic mass is 16.5. The van der Waals surface area contributed by atoms with Crippen LogP contribution in [0.3, 0.4) is 0 Å². The van der Waals surface area contributed by atoms with E-state index in [9.17, 15) is 9.59 Å². The van der Waals surface area contributed by atoms with E-state index in [0.29, 0.717) is 24.4 Å². The summed E-state index contributed by atoms with van der Waals surface area (Å²) in [6, 6.07) is 6.81. The highest BCUT2D eigenvalue weighted by Crippen LogP contribution is 2.16. The SMILES string of the molecule is CCOC(=O)c1ccccc1NC(=O)CNCC1CCCO1. The molecule has 0 aliphatic carbocycles. The molecule has 1 saturated heterocycles. The van der Waals surface area contributed by atoms with E-state index in [-0.39, 0.29) is 18.6 Å². The number of para-hydroxylation sites is 1. The van der Waals surface area contributed by atoms with E-state index in [2.05, 4.69) is 10.6 Å². The third-order valence-corrected chi connectivity index (χ3v) is 3.38. The molecule has 2 rings (SSSR count). The minimum Gasteiger partial charge on any atom is -0.462 e. The molecule has 1 aliphatic heterocycles. The minimum atomic E-state index is -0.439. The third kappa shape index (κ3) is 4.82. The lowest BCUT2D eigenvalue weighted by atomic mass is 10.2. The molecule has 120 valence electrons. The highest BCUT2D eigenvalue weighted by Gasteiger charge is 2.16. The molecular weight excluding hydrogens is 284 g/mol. The first kappa shape index (κ1) is 16.5. The lowest BCUT2D eigenvalue weighted by Gasteiger charge is -2.12. The first-order valence-electron chi connectivity index (χ1n) is 7.59. The summed E-state index contributed by atoms with van der Waals surface area (Å²) in [5.41, 5.74) is 0.821. The maximum absolute atomic E-state index is 12.0. The summed E-state index contributed by atoms with van der Waals surface area (Å²) in [6.45, 7) is 3.67. The number of hydrogen-bond acceptors (Lipinski definition) is 5. The van der Waals surface area contributed by atoms with Crippen LogP contribution in [0.1, 0.15) is 30.1 Å². The fraction of sp³-hybridized carbons (Fsp3) is 0.500. The van der Waals surface area contributed by atoms with Crippen molar-refractivity contribution in [3.8, 4) is 0 Å². The standard InChI is InChI=1S/C16H22N2O4/c1-2-21-16(20)13-7-3-4-8-14(13)18-15(19)11-17-10-12-6-5-9-22-12/h3-4,7-8,12,17H,2,5-6,9-11H2,1H3,(H,18,19). The smallest absolute Gasteiger partial charge is 0.340 e. The monoisotopic (exact) mass is 306 g/mol. The molecule has 1 atom stereocenters. The second kappa shape index (κ2) is 8.51. The first-order chi connectivity index (χ1) is 10.7. The van der Waals surface area contributed by atoms with Gasteiger partial charge in [0.05, 0.1) is 30.5 Å². The number of carbonyl (C=O) groups is 2. The maximum Gasteiger partial charge on any atom is 0.340 e. The summed E-state index contributed by atoms with van der Waals surface area (Å²) in [5.74, 6) is -0.638. The molecule has 0 radical (unpaired) electrons. The zero-order valence-electron chi connectivity index (χ0n) is 12.8. The van der Waals surface area contributed by atoms with Crippen LogP contribution >= 0.6 is 0 Å². The molecule has 1 aromatic rings. The van der Waals surface area contributed by atoms with Gasteiger partial charge in [0.15, 0.2) is 0 Å². The van der Waals surface area contributed by atoms with Gasteiger partial charge in [-0.15, -0.1) is 0 Å². The third-order valence-electron chi connectivity index (χ3n) is 3.38. The molecule has 6 heteroatoms. The molecule has 6 nitrogen and oxygen atoms in total. The van der Waals surface area contributed by atoms with Crippen molar-refractivity contribution in [2.24, 2.45) is 0 Å². The van der Waals surface area contributed by atoms with Crippen LogP contribution in [-0.2, 0) is 14.3 Å². The summed E-state index contributed by atoms with van der Waals surface area (Å²) in [5, 5.41) is 5.80. The number of hydrogen-bond donors (Lipinski definition) is 2. The minimum absolute atomic E-state index is 0.178. The van der Waals surface area contributed by atoms with E-state index in [1.807, 2.05) is 0 Å². The lowest BCUT2D eigenvalue weighted by Crippen LogP contribution is -2.33. The van der Waals surface area contributed by atoms with E-state index in [1.165, 1.54) is 0 Å². The van der Waals surface area contributed by atoms with Crippen LogP contribution in [0.15, 0.2) is 24.3 Å². The Morgan fingerprint density at radius 2 is 2.18 bits per heavy atom. The number of benzene rings is 1. The van der Waals surface area contributed by atoms with E-state index in [4.69, 9.17) is 9.47 Å². The van der Waals surface area contributed by atoms with Crippen LogP contribution in [0.5, 0.6) is 0 Å². The van der Waals surface area contributed by atoms with Crippen LogP contribution in [0.2, 0.25) is 0 Å². The van der Waals surface area contributed by atoms with Gasteiger partial charge in [0.2, 0.25) is 5.91 Å². The first-order valence-corrected chi connectivity index (χ1v) is 7.59. The van der Waals surface area contributed by atoms with Crippen molar-refractivity contribution in [2.45, 2.75) is 25.9 Å². The van der Waals surface area contributed by atoms with Gasteiger partial charge >= 0.3 is 5.97 Å². The van der Waals surface area contributed by atoms with Gasteiger partial charge in [-0.3, -0.25) is 4.79 Å². The van der Waals surface area contributed by atoms with E-state index < -0.39 is 5.97 Å². The van der Waals surface area contributed by atoms with Crippen molar-refractivity contribution in [3.63, 3.8) is 0 Å². The molecule has 0 bridgehead atoms. The molecule has 1 unspecified atom stereocenters. The summed E-state index contributed by atoms with van der Waals surface area (Å²) in [7, 11) is 0. The van der Waals surface area contributed by atoms with Gasteiger partial charge in [-0.1, -0.05) is 12.1 Å². The van der Waals surface area contributed by atoms with Gasteiger partial charge in [0, 0.05) is 13.2 Å². The maximum atomic E-state index is 12.0. The van der Waals surface area contributed by atoms with Gasteiger partial charge < -0.3 is 20.1 Å². The predicted molar refractivity (Wildman–Crippen MR) is 82.9 cm³/mol. The summed E-state index contributed by atoms with van der Waals surface area (Å²) in [6.07, 6.45) is 2.30. The highest BCUT2D eigenvalue weighted by molar-refractivity contribution is 6.01. The van der Waals surface area contributed by atoms with Crippen LogP contribution in [0.25, 0.3) is 0 Å². The molecule has 1 aromatic carbocycles. The van der Waals surface area contributed by atoms with Gasteiger partial charge in [0.25, 0.3) is 0 Å². The Hall–Kier alpha value is -1.92. The topological polar surface area (TPSA) is 76.7 Å². The van der Waals surface area contributed by atoms with Gasteiger partial charge in [0.1, 0.15) is 0 Å². The number of nitrogens with one attached hydrogen (secondary N) is 2. The number of amides is 1. The molecule has 1 heterocycles. The van der Waals surface area contributed by atoms with Crippen molar-refractivity contribution in [1.29, 1.82) is 0 Å². The van der Waals surface area contributed by atoms with E-state index in [0.717, 1.165) is 19.4 Å². The van der Waals surface area contributed by atoms with Crippen molar-refractivity contribution in [3.05, 3.63) is 29.8 Å². The number of carbonyl (C=O) groups excluding carboxylic acids is 2. The summed E-state index contributed by atoms with van der Waals surface area (Å²) < 4.78 is 10.5. The Kier molecular flexibility index (Phi) is 6.36. The Morgan fingerprint density at radius 1 is 1.36 bits per heavy atom. The number of anilines is 1. The molecule has 1 aliphatic rings. The zero-order valence-corrected chi connectivity index (χ0v) is 12.8. The Labute approximate surface area is 130 Å². The summed E-state index contributed by atoms with van der Waals surface area (Å²) >= 11 is 0. The average Bonchev–Trinajstić information content (AvgIpc) is 3.01. The lowest BCUT2D eigenvalue weighted by molar-refractivity contribution is -0.115. The Balaban J connectivity index is 1.84. The van der Waals surface area contributed by atoms with Crippen LogP contribution in [0, 0.1) is 0 Å². The van der Waals surface area contributed by atoms with Crippen molar-refractivity contribution >= 4 is 17.6 Å². The molecule has 2 N–H and O–H groups in total. The fourth-order valence-corrected chi connectivity index (χ4v) is 2.33. The van der Waals surface area contributed by atoms with E-state index >= 15 is 0 Å². The predicted octanol–water partition coefficient (Wildman–Crippen LogP) is 1.57. The molecule has 0 saturated carbocycles. The molecule has 1 amide bonds. The number of esters is 1. The number of rotatable bonds is 7. The van der Waals surface area contributed by atoms with Crippen molar-refractivity contribution in [2.75, 3.05) is 31.6 Å². The van der Waals surface area contributed by atoms with Gasteiger partial charge in [-0.2, -0.15) is 0 Å². The average molecular weight is 306 g/mol. The quantitative estimate of drug-likeness (QED) is 0.748. The molecule has 22 heavy (non-hydrogen) atoms. The molecule has 0 spiro atoms. The largest absolute Gasteiger partial charge is 0.462 e. The van der Waals surface area contributed by atoms with Crippen LogP contribution < -0.4 is 10.6 Å². The fourth-order valence-electron chi connectivity index (χ4n) is 2.33. The molecule has 1 fully saturated rings. The van der Waals surface area contributed by atoms with Crippen LogP contribution in [0.4, 0.5) is 5.69 Å².